The highest BCUT2D eigenvalue weighted by molar-refractivity contribution is 7.99. The molecule has 4 aromatic rings. The summed E-state index contributed by atoms with van der Waals surface area (Å²) in [6.07, 6.45) is 0. The first kappa shape index (κ1) is 27.2. The summed E-state index contributed by atoms with van der Waals surface area (Å²) in [6, 6.07) is 19.8. The number of nitrogens with zero attached hydrogens (tertiary/aromatic N) is 3. The fourth-order valence-electron chi connectivity index (χ4n) is 5.32. The normalized spacial score (nSPS) is 15.2. The van der Waals surface area contributed by atoms with Gasteiger partial charge in [0, 0.05) is 64.1 Å². The lowest BCUT2D eigenvalue weighted by molar-refractivity contribution is -0.156. The summed E-state index contributed by atoms with van der Waals surface area (Å²) >= 11 is 1.91. The van der Waals surface area contributed by atoms with Crippen LogP contribution in [0, 0.1) is 6.92 Å². The molecule has 0 spiro atoms. The van der Waals surface area contributed by atoms with E-state index in [9.17, 15) is 9.59 Å². The summed E-state index contributed by atoms with van der Waals surface area (Å²) in [5, 5.41) is 6.29. The van der Waals surface area contributed by atoms with E-state index in [1.165, 1.54) is 0 Å². The molecule has 0 amide bonds. The van der Waals surface area contributed by atoms with Crippen molar-refractivity contribution in [2.45, 2.75) is 46.7 Å². The van der Waals surface area contributed by atoms with Gasteiger partial charge in [-0.05, 0) is 76.1 Å². The van der Waals surface area contributed by atoms with Gasteiger partial charge in [0.1, 0.15) is 5.54 Å². The number of hydrogen-bond donors (Lipinski definition) is 0. The Morgan fingerprint density at radius 2 is 1.56 bits per heavy atom. The molecule has 1 aliphatic rings. The number of carbonyl (C=O) groups excluding carboxylic acids is 2. The van der Waals surface area contributed by atoms with Crippen molar-refractivity contribution in [2.75, 3.05) is 24.6 Å². The predicted molar refractivity (Wildman–Crippen MR) is 161 cm³/mol. The summed E-state index contributed by atoms with van der Waals surface area (Å²) in [4.78, 5) is 34.0. The van der Waals surface area contributed by atoms with Crippen molar-refractivity contribution in [3.05, 3.63) is 82.9 Å². The third kappa shape index (κ3) is 5.13. The van der Waals surface area contributed by atoms with Crippen LogP contribution in [0.1, 0.15) is 54.7 Å². The Hall–Kier alpha value is -3.42. The lowest BCUT2D eigenvalue weighted by Crippen LogP contribution is -2.53. The molecular weight excluding hydrogens is 506 g/mol. The molecule has 0 bridgehead atoms. The van der Waals surface area contributed by atoms with Crippen LogP contribution >= 0.6 is 11.8 Å². The van der Waals surface area contributed by atoms with E-state index in [-0.39, 0.29) is 11.8 Å². The summed E-state index contributed by atoms with van der Waals surface area (Å²) in [5.41, 5.74) is 5.27. The quantitative estimate of drug-likeness (QED) is 0.116. The molecule has 5 rings (SSSR count). The van der Waals surface area contributed by atoms with Gasteiger partial charge < -0.3 is 9.40 Å². The SMILES string of the molecule is CCn1c2ccc(C(=O)c3ccccc3C)cc2c2cc(/C(C)=N/OC(=O)C(C)(C)N3CCSCC3)ccc21. The van der Waals surface area contributed by atoms with Crippen LogP contribution in [-0.4, -0.2) is 57.1 Å². The van der Waals surface area contributed by atoms with Crippen molar-refractivity contribution in [2.24, 2.45) is 5.16 Å². The van der Waals surface area contributed by atoms with Gasteiger partial charge in [-0.3, -0.25) is 9.69 Å². The van der Waals surface area contributed by atoms with E-state index < -0.39 is 5.54 Å². The second kappa shape index (κ2) is 11.0. The molecule has 1 fully saturated rings. The van der Waals surface area contributed by atoms with Crippen LogP contribution in [0.3, 0.4) is 0 Å². The lowest BCUT2D eigenvalue weighted by Gasteiger charge is -2.37. The number of fused-ring (bicyclic) bond motifs is 3. The summed E-state index contributed by atoms with van der Waals surface area (Å²) in [6.45, 7) is 12.3. The van der Waals surface area contributed by atoms with Gasteiger partial charge in [-0.2, -0.15) is 11.8 Å². The number of oxime groups is 1. The highest BCUT2D eigenvalue weighted by atomic mass is 32.2. The predicted octanol–water partition coefficient (Wildman–Crippen LogP) is 6.45. The Bertz CT molecular complexity index is 1600. The number of hydrogen-bond acceptors (Lipinski definition) is 6. The number of thioether (sulfide) groups is 1. The molecule has 0 aliphatic carbocycles. The van der Waals surface area contributed by atoms with Gasteiger partial charge in [-0.25, -0.2) is 4.79 Å². The number of carbonyl (C=O) groups is 2. The van der Waals surface area contributed by atoms with Gasteiger partial charge in [0.15, 0.2) is 5.78 Å². The maximum Gasteiger partial charge on any atom is 0.354 e. The molecule has 39 heavy (non-hydrogen) atoms. The third-order valence-corrected chi connectivity index (χ3v) is 8.76. The molecular formula is C32H35N3O3S. The second-order valence-corrected chi connectivity index (χ2v) is 11.8. The minimum Gasteiger partial charge on any atom is -0.341 e. The molecule has 0 N–H and O–H groups in total. The van der Waals surface area contributed by atoms with E-state index in [2.05, 4.69) is 33.7 Å². The maximum absolute atomic E-state index is 13.4. The Balaban J connectivity index is 1.48. The minimum atomic E-state index is -0.733. The molecule has 0 atom stereocenters. The van der Waals surface area contributed by atoms with Crippen LogP contribution in [-0.2, 0) is 16.2 Å². The second-order valence-electron chi connectivity index (χ2n) is 10.6. The highest BCUT2D eigenvalue weighted by Gasteiger charge is 2.37. The van der Waals surface area contributed by atoms with Gasteiger partial charge in [-0.15, -0.1) is 0 Å². The largest absolute Gasteiger partial charge is 0.354 e. The Morgan fingerprint density at radius 1 is 0.949 bits per heavy atom. The third-order valence-electron chi connectivity index (χ3n) is 7.82. The Kier molecular flexibility index (Phi) is 7.65. The molecule has 1 aromatic heterocycles. The van der Waals surface area contributed by atoms with Crippen molar-refractivity contribution in [1.29, 1.82) is 0 Å². The van der Waals surface area contributed by atoms with Crippen LogP contribution in [0.2, 0.25) is 0 Å². The van der Waals surface area contributed by atoms with Crippen LogP contribution in [0.25, 0.3) is 21.8 Å². The van der Waals surface area contributed by atoms with Crippen LogP contribution in [0.15, 0.2) is 65.8 Å². The molecule has 1 aliphatic heterocycles. The molecule has 7 heteroatoms. The van der Waals surface area contributed by atoms with Gasteiger partial charge in [0.05, 0.1) is 5.71 Å². The van der Waals surface area contributed by atoms with E-state index in [0.29, 0.717) is 16.8 Å². The molecule has 0 saturated carbocycles. The van der Waals surface area contributed by atoms with E-state index in [4.69, 9.17) is 4.84 Å². The number of aryl methyl sites for hydroxylation is 2. The first-order valence-corrected chi connectivity index (χ1v) is 14.6. The van der Waals surface area contributed by atoms with Crippen LogP contribution in [0.4, 0.5) is 0 Å². The van der Waals surface area contributed by atoms with E-state index >= 15 is 0 Å². The monoisotopic (exact) mass is 541 g/mol. The van der Waals surface area contributed by atoms with Crippen molar-refractivity contribution in [3.8, 4) is 0 Å². The van der Waals surface area contributed by atoms with Crippen LogP contribution in [0.5, 0.6) is 0 Å². The van der Waals surface area contributed by atoms with E-state index in [0.717, 1.165) is 64.1 Å². The zero-order valence-corrected chi connectivity index (χ0v) is 24.1. The standard InChI is InChI=1S/C32H35N3O3S/c1-6-35-28-13-11-23(22(3)33-38-31(37)32(4,5)34-15-17-39-18-16-34)19-26(28)27-20-24(12-14-29(27)35)30(36)25-10-8-7-9-21(25)2/h7-14,19-20H,6,15-18H2,1-5H3/b33-22+. The van der Waals surface area contributed by atoms with Crippen molar-refractivity contribution < 1.29 is 14.4 Å². The van der Waals surface area contributed by atoms with E-state index in [1.54, 1.807) is 0 Å². The summed E-state index contributed by atoms with van der Waals surface area (Å²) in [7, 11) is 0. The molecule has 1 saturated heterocycles. The average Bonchev–Trinajstić information content (AvgIpc) is 3.28. The van der Waals surface area contributed by atoms with Gasteiger partial charge in [-0.1, -0.05) is 35.5 Å². The van der Waals surface area contributed by atoms with Crippen LogP contribution < -0.4 is 0 Å². The number of aromatic nitrogens is 1. The van der Waals surface area contributed by atoms with E-state index in [1.807, 2.05) is 88.0 Å². The molecule has 202 valence electrons. The smallest absolute Gasteiger partial charge is 0.341 e. The lowest BCUT2D eigenvalue weighted by atomic mass is 9.97. The zero-order chi connectivity index (χ0) is 27.7. The number of ketones is 1. The van der Waals surface area contributed by atoms with Crippen molar-refractivity contribution in [1.82, 2.24) is 9.47 Å². The van der Waals surface area contributed by atoms with Gasteiger partial charge in [0.2, 0.25) is 0 Å². The fourth-order valence-corrected chi connectivity index (χ4v) is 6.22. The molecule has 0 radical (unpaired) electrons. The first-order valence-electron chi connectivity index (χ1n) is 13.5. The first-order chi connectivity index (χ1) is 18.7. The minimum absolute atomic E-state index is 0.0168. The number of rotatable bonds is 7. The molecule has 6 nitrogen and oxygen atoms in total. The Labute approximate surface area is 234 Å². The molecule has 0 unspecified atom stereocenters. The molecule has 2 heterocycles. The Morgan fingerprint density at radius 3 is 2.21 bits per heavy atom. The van der Waals surface area contributed by atoms with Gasteiger partial charge >= 0.3 is 5.97 Å². The summed E-state index contributed by atoms with van der Waals surface area (Å²) < 4.78 is 2.25. The summed E-state index contributed by atoms with van der Waals surface area (Å²) in [5.74, 6) is 1.70. The maximum atomic E-state index is 13.4. The topological polar surface area (TPSA) is 63.9 Å². The fraction of sp³-hybridized carbons (Fsp3) is 0.344. The zero-order valence-electron chi connectivity index (χ0n) is 23.3. The van der Waals surface area contributed by atoms with Crippen molar-refractivity contribution in [3.63, 3.8) is 0 Å². The average molecular weight is 542 g/mol. The highest BCUT2D eigenvalue weighted by Crippen LogP contribution is 2.32. The molecule has 3 aromatic carbocycles. The van der Waals surface area contributed by atoms with Gasteiger partial charge in [0.25, 0.3) is 0 Å². The number of benzene rings is 3. The van der Waals surface area contributed by atoms with Crippen molar-refractivity contribution >= 4 is 51.0 Å².